The van der Waals surface area contributed by atoms with Gasteiger partial charge in [-0.1, -0.05) is 26.0 Å². The molecule has 2 N–H and O–H groups in total. The zero-order valence-corrected chi connectivity index (χ0v) is 13.2. The molecule has 1 saturated heterocycles. The van der Waals surface area contributed by atoms with Crippen molar-refractivity contribution in [3.63, 3.8) is 0 Å². The van der Waals surface area contributed by atoms with E-state index >= 15 is 0 Å². The van der Waals surface area contributed by atoms with Crippen molar-refractivity contribution in [2.45, 2.75) is 32.7 Å². The Kier molecular flexibility index (Phi) is 4.61. The van der Waals surface area contributed by atoms with Crippen LogP contribution in [0.5, 0.6) is 0 Å². The summed E-state index contributed by atoms with van der Waals surface area (Å²) in [7, 11) is 0. The Morgan fingerprint density at radius 3 is 2.67 bits per heavy atom. The fourth-order valence-corrected chi connectivity index (χ4v) is 3.42. The van der Waals surface area contributed by atoms with Crippen molar-refractivity contribution in [1.82, 2.24) is 15.2 Å². The molecule has 3 rings (SSSR count). The summed E-state index contributed by atoms with van der Waals surface area (Å²) in [6, 6.07) is 9.47. The first-order valence-electron chi connectivity index (χ1n) is 8.26. The van der Waals surface area contributed by atoms with Gasteiger partial charge in [-0.2, -0.15) is 0 Å². The second-order valence-corrected chi connectivity index (χ2v) is 6.56. The van der Waals surface area contributed by atoms with Crippen LogP contribution in [0.4, 0.5) is 0 Å². The molecule has 2 aromatic rings. The van der Waals surface area contributed by atoms with Crippen LogP contribution in [0.3, 0.4) is 0 Å². The summed E-state index contributed by atoms with van der Waals surface area (Å²) < 4.78 is 0. The van der Waals surface area contributed by atoms with Crippen LogP contribution in [0.1, 0.15) is 38.3 Å². The van der Waals surface area contributed by atoms with Gasteiger partial charge >= 0.3 is 0 Å². The van der Waals surface area contributed by atoms with Crippen LogP contribution in [0.15, 0.2) is 30.5 Å². The first-order chi connectivity index (χ1) is 10.3. The largest absolute Gasteiger partial charge is 0.361 e. The lowest BCUT2D eigenvalue weighted by Crippen LogP contribution is -2.45. The van der Waals surface area contributed by atoms with Crippen LogP contribution >= 0.6 is 0 Å². The molecule has 2 heterocycles. The van der Waals surface area contributed by atoms with Crippen LogP contribution in [-0.2, 0) is 0 Å². The highest BCUT2D eigenvalue weighted by molar-refractivity contribution is 5.83. The Bertz CT molecular complexity index is 567. The van der Waals surface area contributed by atoms with E-state index in [9.17, 15) is 0 Å². The molecule has 0 radical (unpaired) electrons. The number of fused-ring (bicyclic) bond motifs is 1. The van der Waals surface area contributed by atoms with Crippen LogP contribution in [-0.4, -0.2) is 36.1 Å². The predicted octanol–water partition coefficient (Wildman–Crippen LogP) is 3.55. The highest BCUT2D eigenvalue weighted by Gasteiger charge is 2.23. The fraction of sp³-hybridized carbons (Fsp3) is 0.556. The zero-order chi connectivity index (χ0) is 14.7. The summed E-state index contributed by atoms with van der Waals surface area (Å²) >= 11 is 0. The summed E-state index contributed by atoms with van der Waals surface area (Å²) in [5, 5.41) is 4.86. The average molecular weight is 285 g/mol. The van der Waals surface area contributed by atoms with Crippen LogP contribution in [0, 0.1) is 5.92 Å². The molecule has 3 nitrogen and oxygen atoms in total. The van der Waals surface area contributed by atoms with Crippen molar-refractivity contribution in [2.75, 3.05) is 26.2 Å². The molecule has 1 fully saturated rings. The van der Waals surface area contributed by atoms with E-state index in [1.807, 2.05) is 0 Å². The normalized spacial score (nSPS) is 18.4. The number of nitrogens with one attached hydrogen (secondary N) is 2. The first kappa shape index (κ1) is 14.6. The van der Waals surface area contributed by atoms with E-state index in [1.54, 1.807) is 0 Å². The number of benzene rings is 1. The number of piperazine rings is 1. The molecule has 1 aromatic heterocycles. The number of hydrogen-bond acceptors (Lipinski definition) is 2. The molecule has 0 spiro atoms. The van der Waals surface area contributed by atoms with Gasteiger partial charge in [-0.15, -0.1) is 0 Å². The van der Waals surface area contributed by atoms with Gasteiger partial charge in [0.2, 0.25) is 0 Å². The van der Waals surface area contributed by atoms with Gasteiger partial charge in [-0.3, -0.25) is 4.90 Å². The Balaban J connectivity index is 1.91. The Labute approximate surface area is 127 Å². The third-order valence-corrected chi connectivity index (χ3v) is 4.60. The van der Waals surface area contributed by atoms with Gasteiger partial charge in [0.05, 0.1) is 0 Å². The van der Waals surface area contributed by atoms with Crippen LogP contribution < -0.4 is 5.32 Å². The topological polar surface area (TPSA) is 31.1 Å². The van der Waals surface area contributed by atoms with Crippen LogP contribution in [0.25, 0.3) is 10.9 Å². The summed E-state index contributed by atoms with van der Waals surface area (Å²) in [6.07, 6.45) is 4.60. The van der Waals surface area contributed by atoms with Gasteiger partial charge in [0.25, 0.3) is 0 Å². The van der Waals surface area contributed by atoms with E-state index < -0.39 is 0 Å². The van der Waals surface area contributed by atoms with Crippen molar-refractivity contribution in [1.29, 1.82) is 0 Å². The average Bonchev–Trinajstić information content (AvgIpc) is 2.97. The number of hydrogen-bond donors (Lipinski definition) is 2. The van der Waals surface area contributed by atoms with Crippen molar-refractivity contribution in [3.8, 4) is 0 Å². The monoisotopic (exact) mass is 285 g/mol. The van der Waals surface area contributed by atoms with Crippen molar-refractivity contribution >= 4 is 10.9 Å². The number of aromatic nitrogens is 1. The lowest BCUT2D eigenvalue weighted by molar-refractivity contribution is 0.161. The second kappa shape index (κ2) is 6.63. The summed E-state index contributed by atoms with van der Waals surface area (Å²) in [6.45, 7) is 9.19. The SMILES string of the molecule is CC(C)CC[C@H](c1cccc2[nH]ccc12)N1CCNCC1. The summed E-state index contributed by atoms with van der Waals surface area (Å²) in [4.78, 5) is 6.02. The van der Waals surface area contributed by atoms with Crippen molar-refractivity contribution < 1.29 is 0 Å². The van der Waals surface area contributed by atoms with E-state index in [4.69, 9.17) is 0 Å². The third kappa shape index (κ3) is 3.30. The van der Waals surface area contributed by atoms with Gasteiger partial charge in [0.15, 0.2) is 0 Å². The molecule has 1 atom stereocenters. The number of nitrogens with zero attached hydrogens (tertiary/aromatic N) is 1. The maximum absolute atomic E-state index is 3.47. The lowest BCUT2D eigenvalue weighted by Gasteiger charge is -2.36. The standard InChI is InChI=1S/C18H27N3/c1-14(2)6-7-18(21-12-10-19-11-13-21)16-4-3-5-17-15(16)8-9-20-17/h3-5,8-9,14,18-20H,6-7,10-13H2,1-2H3/t18-/m1/s1. The van der Waals surface area contributed by atoms with E-state index in [0.717, 1.165) is 32.1 Å². The predicted molar refractivity (Wildman–Crippen MR) is 89.6 cm³/mol. The van der Waals surface area contributed by atoms with Crippen molar-refractivity contribution in [2.24, 2.45) is 5.92 Å². The molecule has 114 valence electrons. The number of aromatic amines is 1. The van der Waals surface area contributed by atoms with E-state index in [-0.39, 0.29) is 0 Å². The molecule has 3 heteroatoms. The molecule has 0 aliphatic carbocycles. The molecule has 0 amide bonds. The van der Waals surface area contributed by atoms with Gasteiger partial charge < -0.3 is 10.3 Å². The van der Waals surface area contributed by atoms with E-state index in [0.29, 0.717) is 6.04 Å². The van der Waals surface area contributed by atoms with E-state index in [1.165, 1.54) is 29.3 Å². The minimum atomic E-state index is 0.550. The van der Waals surface area contributed by atoms with Gasteiger partial charge in [0, 0.05) is 49.3 Å². The van der Waals surface area contributed by atoms with Gasteiger partial charge in [-0.25, -0.2) is 0 Å². The highest BCUT2D eigenvalue weighted by atomic mass is 15.2. The Morgan fingerprint density at radius 1 is 1.10 bits per heavy atom. The second-order valence-electron chi connectivity index (χ2n) is 6.56. The molecule has 0 bridgehead atoms. The molecular weight excluding hydrogens is 258 g/mol. The maximum Gasteiger partial charge on any atom is 0.0457 e. The van der Waals surface area contributed by atoms with Crippen molar-refractivity contribution in [3.05, 3.63) is 36.0 Å². The zero-order valence-electron chi connectivity index (χ0n) is 13.2. The lowest BCUT2D eigenvalue weighted by atomic mass is 9.93. The molecule has 0 saturated carbocycles. The number of H-pyrrole nitrogens is 1. The van der Waals surface area contributed by atoms with Gasteiger partial charge in [0.1, 0.15) is 0 Å². The van der Waals surface area contributed by atoms with E-state index in [2.05, 4.69) is 59.5 Å². The molecule has 21 heavy (non-hydrogen) atoms. The smallest absolute Gasteiger partial charge is 0.0457 e. The summed E-state index contributed by atoms with van der Waals surface area (Å²) in [5.41, 5.74) is 2.76. The number of rotatable bonds is 5. The Morgan fingerprint density at radius 2 is 1.90 bits per heavy atom. The van der Waals surface area contributed by atoms with Crippen LogP contribution in [0.2, 0.25) is 0 Å². The molecule has 1 aliphatic rings. The molecule has 1 aliphatic heterocycles. The summed E-state index contributed by atoms with van der Waals surface area (Å²) in [5.74, 6) is 0.765. The fourth-order valence-electron chi connectivity index (χ4n) is 3.42. The van der Waals surface area contributed by atoms with Gasteiger partial charge in [-0.05, 0) is 36.5 Å². The maximum atomic E-state index is 3.47. The highest BCUT2D eigenvalue weighted by Crippen LogP contribution is 2.32. The molecular formula is C18H27N3. The third-order valence-electron chi connectivity index (χ3n) is 4.60. The minimum absolute atomic E-state index is 0.550. The molecule has 1 aromatic carbocycles. The Hall–Kier alpha value is -1.32. The molecule has 0 unspecified atom stereocenters. The first-order valence-corrected chi connectivity index (χ1v) is 8.26. The minimum Gasteiger partial charge on any atom is -0.361 e. The quantitative estimate of drug-likeness (QED) is 0.880.